The van der Waals surface area contributed by atoms with Crippen molar-refractivity contribution < 1.29 is 5.11 Å². The van der Waals surface area contributed by atoms with Crippen molar-refractivity contribution in [2.75, 3.05) is 5.32 Å². The lowest BCUT2D eigenvalue weighted by Gasteiger charge is -2.14. The molecule has 0 bridgehead atoms. The predicted molar refractivity (Wildman–Crippen MR) is 82.0 cm³/mol. The number of anilines is 2. The van der Waals surface area contributed by atoms with E-state index >= 15 is 0 Å². The van der Waals surface area contributed by atoms with Gasteiger partial charge in [-0.2, -0.15) is 15.8 Å². The maximum Gasteiger partial charge on any atom is 0.115 e. The second-order valence-corrected chi connectivity index (χ2v) is 4.89. The monoisotopic (exact) mass is 328 g/mol. The first-order valence-corrected chi connectivity index (χ1v) is 6.60. The van der Waals surface area contributed by atoms with Crippen LogP contribution in [0.4, 0.5) is 11.4 Å². The summed E-state index contributed by atoms with van der Waals surface area (Å²) in [5.41, 5.74) is 0.416. The molecule has 0 heterocycles. The molecule has 0 radical (unpaired) electrons. The molecule has 0 atom stereocenters. The molecular weight excluding hydrogens is 323 g/mol. The second kappa shape index (κ2) is 6.24. The van der Waals surface area contributed by atoms with E-state index in [4.69, 9.17) is 28.5 Å². The molecule has 0 aliphatic rings. The van der Waals surface area contributed by atoms with Crippen LogP contribution in [-0.4, -0.2) is 5.11 Å². The Labute approximate surface area is 136 Å². The van der Waals surface area contributed by atoms with Gasteiger partial charge in [0.1, 0.15) is 24.0 Å². The van der Waals surface area contributed by atoms with Gasteiger partial charge in [-0.25, -0.2) is 0 Å². The average Bonchev–Trinajstić information content (AvgIpc) is 2.50. The standard InChI is InChI=1S/C15H6Cl2N4O/c16-13-10(5-18)14(17)12(7-20)15(11(13)6-19)21-8-1-3-9(22)4-2-8/h1-4,21-22H. The number of hydrogen-bond acceptors (Lipinski definition) is 5. The van der Waals surface area contributed by atoms with Gasteiger partial charge < -0.3 is 10.4 Å². The van der Waals surface area contributed by atoms with Crippen molar-refractivity contribution in [3.05, 3.63) is 51.0 Å². The van der Waals surface area contributed by atoms with E-state index < -0.39 is 0 Å². The number of hydrogen-bond donors (Lipinski definition) is 2. The van der Waals surface area contributed by atoms with E-state index in [9.17, 15) is 15.6 Å². The van der Waals surface area contributed by atoms with Gasteiger partial charge >= 0.3 is 0 Å². The summed E-state index contributed by atoms with van der Waals surface area (Å²) in [7, 11) is 0. The summed E-state index contributed by atoms with van der Waals surface area (Å²) >= 11 is 12.0. The summed E-state index contributed by atoms with van der Waals surface area (Å²) in [6.07, 6.45) is 0. The lowest BCUT2D eigenvalue weighted by atomic mass is 10.0. The largest absolute Gasteiger partial charge is 0.508 e. The lowest BCUT2D eigenvalue weighted by Crippen LogP contribution is -2.01. The van der Waals surface area contributed by atoms with Gasteiger partial charge in [-0.15, -0.1) is 0 Å². The Hall–Kier alpha value is -2.91. The molecule has 106 valence electrons. The van der Waals surface area contributed by atoms with E-state index in [1.807, 2.05) is 12.1 Å². The zero-order valence-electron chi connectivity index (χ0n) is 10.9. The molecule has 7 heteroatoms. The van der Waals surface area contributed by atoms with Gasteiger partial charge in [-0.05, 0) is 24.3 Å². The maximum atomic E-state index is 9.28. The van der Waals surface area contributed by atoms with Crippen LogP contribution in [0.25, 0.3) is 0 Å². The zero-order chi connectivity index (χ0) is 16.3. The van der Waals surface area contributed by atoms with Gasteiger partial charge in [-0.1, -0.05) is 23.2 Å². The zero-order valence-corrected chi connectivity index (χ0v) is 12.4. The van der Waals surface area contributed by atoms with Gasteiger partial charge in [0.05, 0.1) is 32.4 Å². The molecule has 0 aliphatic heterocycles. The fraction of sp³-hybridized carbons (Fsp3) is 0. The van der Waals surface area contributed by atoms with E-state index in [-0.39, 0.29) is 38.2 Å². The number of rotatable bonds is 2. The third kappa shape index (κ3) is 2.62. The highest BCUT2D eigenvalue weighted by atomic mass is 35.5. The minimum Gasteiger partial charge on any atom is -0.508 e. The molecule has 0 saturated carbocycles. The van der Waals surface area contributed by atoms with E-state index in [1.165, 1.54) is 12.1 Å². The van der Waals surface area contributed by atoms with Gasteiger partial charge in [0.15, 0.2) is 0 Å². The summed E-state index contributed by atoms with van der Waals surface area (Å²) in [4.78, 5) is 0. The summed E-state index contributed by atoms with van der Waals surface area (Å²) in [5.74, 6) is 0.0717. The van der Waals surface area contributed by atoms with Crippen molar-refractivity contribution in [3.8, 4) is 24.0 Å². The third-order valence-electron chi connectivity index (χ3n) is 2.85. The molecule has 2 rings (SSSR count). The Morgan fingerprint density at radius 1 is 0.818 bits per heavy atom. The van der Waals surface area contributed by atoms with Crippen molar-refractivity contribution in [1.29, 1.82) is 15.8 Å². The van der Waals surface area contributed by atoms with Crippen molar-refractivity contribution in [2.24, 2.45) is 0 Å². The molecule has 22 heavy (non-hydrogen) atoms. The normalized spacial score (nSPS) is 9.41. The minimum absolute atomic E-state index is 0.0489. The molecule has 5 nitrogen and oxygen atoms in total. The summed E-state index contributed by atoms with van der Waals surface area (Å²) in [5, 5.41) is 39.5. The predicted octanol–water partition coefficient (Wildman–Crippen LogP) is 4.06. The molecule has 0 aliphatic carbocycles. The van der Waals surface area contributed by atoms with Crippen LogP contribution >= 0.6 is 23.2 Å². The van der Waals surface area contributed by atoms with E-state index in [1.54, 1.807) is 18.2 Å². The number of phenolic OH excluding ortho intramolecular Hbond substituents is 1. The second-order valence-electron chi connectivity index (χ2n) is 4.14. The van der Waals surface area contributed by atoms with Crippen molar-refractivity contribution >= 4 is 34.6 Å². The topological polar surface area (TPSA) is 104 Å². The summed E-state index contributed by atoms with van der Waals surface area (Å²) < 4.78 is 0. The molecule has 2 aromatic carbocycles. The molecule has 0 aromatic heterocycles. The Bertz CT molecular complexity index is 830. The van der Waals surface area contributed by atoms with Crippen molar-refractivity contribution in [1.82, 2.24) is 0 Å². The van der Waals surface area contributed by atoms with Crippen LogP contribution in [-0.2, 0) is 0 Å². The molecule has 2 N–H and O–H groups in total. The average molecular weight is 329 g/mol. The molecule has 2 aromatic rings. The van der Waals surface area contributed by atoms with Crippen molar-refractivity contribution in [2.45, 2.75) is 0 Å². The fourth-order valence-corrected chi connectivity index (χ4v) is 2.41. The molecule has 0 unspecified atom stereocenters. The van der Waals surface area contributed by atoms with Gasteiger partial charge in [0, 0.05) is 5.69 Å². The van der Waals surface area contributed by atoms with Gasteiger partial charge in [0.25, 0.3) is 0 Å². The van der Waals surface area contributed by atoms with Crippen LogP contribution in [0, 0.1) is 34.0 Å². The number of nitriles is 3. The van der Waals surface area contributed by atoms with E-state index in [2.05, 4.69) is 5.32 Å². The summed E-state index contributed by atoms with van der Waals surface area (Å²) in [6, 6.07) is 11.5. The van der Waals surface area contributed by atoms with Crippen LogP contribution < -0.4 is 5.32 Å². The number of aromatic hydroxyl groups is 1. The number of benzene rings is 2. The smallest absolute Gasteiger partial charge is 0.115 e. The number of nitrogens with one attached hydrogen (secondary N) is 1. The first-order chi connectivity index (χ1) is 10.5. The molecular formula is C15H6Cl2N4O. The molecule has 0 amide bonds. The Morgan fingerprint density at radius 3 is 1.68 bits per heavy atom. The van der Waals surface area contributed by atoms with Crippen LogP contribution in [0.5, 0.6) is 5.75 Å². The van der Waals surface area contributed by atoms with E-state index in [0.717, 1.165) is 0 Å². The SMILES string of the molecule is N#Cc1c(Cl)c(C#N)c(Nc2ccc(O)cc2)c(C#N)c1Cl. The Kier molecular flexibility index (Phi) is 4.39. The number of halogens is 2. The summed E-state index contributed by atoms with van der Waals surface area (Å²) in [6.45, 7) is 0. The highest BCUT2D eigenvalue weighted by Gasteiger charge is 2.22. The quantitative estimate of drug-likeness (QED) is 0.809. The van der Waals surface area contributed by atoms with Gasteiger partial charge in [-0.3, -0.25) is 0 Å². The molecule has 0 saturated heterocycles. The van der Waals surface area contributed by atoms with Crippen LogP contribution in [0.3, 0.4) is 0 Å². The van der Waals surface area contributed by atoms with Crippen LogP contribution in [0.2, 0.25) is 10.0 Å². The van der Waals surface area contributed by atoms with Crippen molar-refractivity contribution in [3.63, 3.8) is 0 Å². The Balaban J connectivity index is 2.70. The highest BCUT2D eigenvalue weighted by Crippen LogP contribution is 2.38. The third-order valence-corrected chi connectivity index (χ3v) is 3.61. The van der Waals surface area contributed by atoms with E-state index in [0.29, 0.717) is 5.69 Å². The first-order valence-electron chi connectivity index (χ1n) is 5.84. The van der Waals surface area contributed by atoms with Gasteiger partial charge in [0.2, 0.25) is 0 Å². The first kappa shape index (κ1) is 15.5. The number of phenols is 1. The molecule has 0 spiro atoms. The minimum atomic E-state index is -0.118. The van der Waals surface area contributed by atoms with Crippen LogP contribution in [0.15, 0.2) is 24.3 Å². The highest BCUT2D eigenvalue weighted by molar-refractivity contribution is 6.38. The fourth-order valence-electron chi connectivity index (χ4n) is 1.81. The Morgan fingerprint density at radius 2 is 1.27 bits per heavy atom. The molecule has 0 fully saturated rings. The number of nitrogens with zero attached hydrogens (tertiary/aromatic N) is 3. The maximum absolute atomic E-state index is 9.28. The lowest BCUT2D eigenvalue weighted by molar-refractivity contribution is 0.475. The van der Waals surface area contributed by atoms with Crippen LogP contribution in [0.1, 0.15) is 16.7 Å².